The normalized spacial score (nSPS) is 10.8. The lowest BCUT2D eigenvalue weighted by molar-refractivity contribution is 0.432. The summed E-state index contributed by atoms with van der Waals surface area (Å²) in [6.45, 7) is 0. The molecule has 0 saturated carbocycles. The van der Waals surface area contributed by atoms with Gasteiger partial charge in [-0.15, -0.1) is 0 Å². The van der Waals surface area contributed by atoms with Crippen molar-refractivity contribution in [3.05, 3.63) is 34.9 Å². The van der Waals surface area contributed by atoms with E-state index in [0.717, 1.165) is 10.0 Å². The number of anilines is 1. The van der Waals surface area contributed by atoms with E-state index in [-0.39, 0.29) is 0 Å². The molecule has 2 heterocycles. The van der Waals surface area contributed by atoms with Crippen LogP contribution in [0.5, 0.6) is 0 Å². The van der Waals surface area contributed by atoms with Gasteiger partial charge in [0.2, 0.25) is 5.82 Å². The van der Waals surface area contributed by atoms with E-state index in [2.05, 4.69) is 31.2 Å². The highest BCUT2D eigenvalue weighted by atomic mass is 79.9. The molecule has 0 aliphatic carbocycles. The first-order valence-corrected chi connectivity index (χ1v) is 6.32. The van der Waals surface area contributed by atoms with Gasteiger partial charge in [0.15, 0.2) is 0 Å². The highest BCUT2D eigenvalue weighted by molar-refractivity contribution is 9.10. The van der Waals surface area contributed by atoms with E-state index < -0.39 is 0 Å². The summed E-state index contributed by atoms with van der Waals surface area (Å²) in [6, 6.07) is 7.24. The molecule has 0 atom stereocenters. The van der Waals surface area contributed by atoms with Crippen molar-refractivity contribution in [1.29, 1.82) is 0 Å². The Labute approximate surface area is 117 Å². The second-order valence-corrected chi connectivity index (χ2v) is 4.89. The summed E-state index contributed by atoms with van der Waals surface area (Å²) in [5, 5.41) is 8.15. The van der Waals surface area contributed by atoms with Gasteiger partial charge in [-0.25, -0.2) is 0 Å². The minimum Gasteiger partial charge on any atom is -0.399 e. The Balaban J connectivity index is 2.03. The molecule has 2 aromatic heterocycles. The van der Waals surface area contributed by atoms with Crippen molar-refractivity contribution in [1.82, 2.24) is 19.9 Å². The maximum atomic E-state index is 5.76. The molecule has 2 N–H and O–H groups in total. The predicted molar refractivity (Wildman–Crippen MR) is 74.0 cm³/mol. The minimum atomic E-state index is 0.403. The molecule has 3 aromatic rings. The van der Waals surface area contributed by atoms with E-state index in [1.54, 1.807) is 16.8 Å². The lowest BCUT2D eigenvalue weighted by Crippen LogP contribution is -1.89. The molecule has 0 aliphatic rings. The van der Waals surface area contributed by atoms with Crippen molar-refractivity contribution in [3.63, 3.8) is 0 Å². The third-order valence-corrected chi connectivity index (χ3v) is 3.28. The van der Waals surface area contributed by atoms with Gasteiger partial charge in [-0.05, 0) is 40.2 Å². The molecular formula is C12H10BrN5O. The van der Waals surface area contributed by atoms with Gasteiger partial charge < -0.3 is 10.3 Å². The first kappa shape index (κ1) is 11.9. The van der Waals surface area contributed by atoms with E-state index in [4.69, 9.17) is 10.3 Å². The number of hydrogen-bond donors (Lipinski definition) is 1. The number of aryl methyl sites for hydroxylation is 1. The van der Waals surface area contributed by atoms with E-state index >= 15 is 0 Å². The summed E-state index contributed by atoms with van der Waals surface area (Å²) < 4.78 is 7.78. The van der Waals surface area contributed by atoms with Gasteiger partial charge in [-0.1, -0.05) is 5.16 Å². The number of nitrogen functional groups attached to an aromatic ring is 1. The third kappa shape index (κ3) is 2.24. The van der Waals surface area contributed by atoms with Crippen LogP contribution in [0.25, 0.3) is 23.0 Å². The predicted octanol–water partition coefficient (Wildman–Crippen LogP) is 2.48. The Bertz CT molecular complexity index is 733. The van der Waals surface area contributed by atoms with E-state index in [0.29, 0.717) is 23.1 Å². The zero-order valence-corrected chi connectivity index (χ0v) is 11.6. The molecule has 3 rings (SSSR count). The maximum Gasteiger partial charge on any atom is 0.259 e. The molecule has 0 saturated heterocycles. The molecule has 0 radical (unpaired) electrons. The van der Waals surface area contributed by atoms with Crippen LogP contribution >= 0.6 is 15.9 Å². The van der Waals surface area contributed by atoms with Crippen LogP contribution in [0.15, 0.2) is 39.5 Å². The van der Waals surface area contributed by atoms with Gasteiger partial charge in [0, 0.05) is 23.4 Å². The van der Waals surface area contributed by atoms with Crippen LogP contribution in [0, 0.1) is 0 Å². The Morgan fingerprint density at radius 2 is 2.16 bits per heavy atom. The smallest absolute Gasteiger partial charge is 0.259 e. The van der Waals surface area contributed by atoms with Crippen molar-refractivity contribution in [2.75, 3.05) is 5.73 Å². The van der Waals surface area contributed by atoms with Crippen LogP contribution in [-0.2, 0) is 7.05 Å². The number of nitrogens with zero attached hydrogens (tertiary/aromatic N) is 4. The van der Waals surface area contributed by atoms with Crippen molar-refractivity contribution in [2.45, 2.75) is 0 Å². The molecule has 19 heavy (non-hydrogen) atoms. The third-order valence-electron chi connectivity index (χ3n) is 2.59. The number of rotatable bonds is 2. The fourth-order valence-electron chi connectivity index (χ4n) is 1.68. The molecule has 0 aliphatic heterocycles. The topological polar surface area (TPSA) is 82.8 Å². The van der Waals surface area contributed by atoms with Crippen LogP contribution < -0.4 is 5.73 Å². The molecule has 1 aromatic carbocycles. The molecule has 7 heteroatoms. The van der Waals surface area contributed by atoms with Gasteiger partial charge in [0.05, 0.1) is 5.56 Å². The monoisotopic (exact) mass is 319 g/mol. The van der Waals surface area contributed by atoms with Crippen LogP contribution in [0.4, 0.5) is 5.69 Å². The van der Waals surface area contributed by atoms with Gasteiger partial charge in [-0.2, -0.15) is 10.1 Å². The SMILES string of the molecule is Cn1ccc(-c2noc(-c3cc(N)ccc3Br)n2)n1. The van der Waals surface area contributed by atoms with Gasteiger partial charge in [0.1, 0.15) is 5.69 Å². The first-order chi connectivity index (χ1) is 9.13. The van der Waals surface area contributed by atoms with Crippen molar-refractivity contribution in [3.8, 4) is 23.0 Å². The second kappa shape index (κ2) is 4.51. The quantitative estimate of drug-likeness (QED) is 0.734. The lowest BCUT2D eigenvalue weighted by Gasteiger charge is -1.99. The fourth-order valence-corrected chi connectivity index (χ4v) is 2.09. The fraction of sp³-hybridized carbons (Fsp3) is 0.0833. The lowest BCUT2D eigenvalue weighted by atomic mass is 10.2. The average Bonchev–Trinajstić information content (AvgIpc) is 3.00. The number of aromatic nitrogens is 4. The first-order valence-electron chi connectivity index (χ1n) is 5.52. The molecule has 0 bridgehead atoms. The Hall–Kier alpha value is -2.15. The Morgan fingerprint density at radius 1 is 1.32 bits per heavy atom. The van der Waals surface area contributed by atoms with Crippen LogP contribution in [0.2, 0.25) is 0 Å². The molecular weight excluding hydrogens is 310 g/mol. The molecule has 0 unspecified atom stereocenters. The molecule has 6 nitrogen and oxygen atoms in total. The van der Waals surface area contributed by atoms with Crippen molar-refractivity contribution < 1.29 is 4.52 Å². The summed E-state index contributed by atoms with van der Waals surface area (Å²) in [5.41, 5.74) is 7.82. The van der Waals surface area contributed by atoms with E-state index in [9.17, 15) is 0 Å². The summed E-state index contributed by atoms with van der Waals surface area (Å²) in [4.78, 5) is 4.33. The largest absolute Gasteiger partial charge is 0.399 e. The maximum absolute atomic E-state index is 5.76. The zero-order valence-electron chi connectivity index (χ0n) is 10.0. The van der Waals surface area contributed by atoms with E-state index in [1.165, 1.54) is 0 Å². The molecule has 0 fully saturated rings. The Kier molecular flexibility index (Phi) is 2.83. The standard InChI is InChI=1S/C12H10BrN5O/c1-18-5-4-10(16-18)11-15-12(19-17-11)8-6-7(14)2-3-9(8)13/h2-6H,14H2,1H3. The zero-order chi connectivity index (χ0) is 13.4. The Morgan fingerprint density at radius 3 is 2.89 bits per heavy atom. The minimum absolute atomic E-state index is 0.403. The van der Waals surface area contributed by atoms with Crippen molar-refractivity contribution >= 4 is 21.6 Å². The van der Waals surface area contributed by atoms with Gasteiger partial charge in [-0.3, -0.25) is 4.68 Å². The van der Waals surface area contributed by atoms with E-state index in [1.807, 2.05) is 25.4 Å². The number of hydrogen-bond acceptors (Lipinski definition) is 5. The summed E-state index contributed by atoms with van der Waals surface area (Å²) in [5.74, 6) is 0.852. The number of halogens is 1. The molecule has 0 spiro atoms. The highest BCUT2D eigenvalue weighted by Gasteiger charge is 2.14. The second-order valence-electron chi connectivity index (χ2n) is 4.04. The van der Waals surface area contributed by atoms with Gasteiger partial charge in [0.25, 0.3) is 5.89 Å². The van der Waals surface area contributed by atoms with Crippen molar-refractivity contribution in [2.24, 2.45) is 7.05 Å². The summed E-state index contributed by atoms with van der Waals surface area (Å²) in [7, 11) is 1.83. The highest BCUT2D eigenvalue weighted by Crippen LogP contribution is 2.29. The number of benzene rings is 1. The molecule has 96 valence electrons. The van der Waals surface area contributed by atoms with Gasteiger partial charge >= 0.3 is 0 Å². The molecule has 0 amide bonds. The van der Waals surface area contributed by atoms with Crippen LogP contribution in [0.1, 0.15) is 0 Å². The average molecular weight is 320 g/mol. The summed E-state index contributed by atoms with van der Waals surface area (Å²) >= 11 is 3.43. The number of nitrogens with two attached hydrogens (primary N) is 1. The van der Waals surface area contributed by atoms with Crippen LogP contribution in [0.3, 0.4) is 0 Å². The van der Waals surface area contributed by atoms with Crippen LogP contribution in [-0.4, -0.2) is 19.9 Å². The summed E-state index contributed by atoms with van der Waals surface area (Å²) in [6.07, 6.45) is 1.82.